The van der Waals surface area contributed by atoms with E-state index in [9.17, 15) is 5.11 Å². The number of benzene rings is 1. The Hall–Kier alpha value is -1.02. The lowest BCUT2D eigenvalue weighted by Gasteiger charge is -2.59. The van der Waals surface area contributed by atoms with E-state index in [0.29, 0.717) is 11.2 Å². The highest BCUT2D eigenvalue weighted by atomic mass is 16.3. The Morgan fingerprint density at radius 1 is 1.26 bits per heavy atom. The van der Waals surface area contributed by atoms with E-state index in [0.717, 1.165) is 17.9 Å². The van der Waals surface area contributed by atoms with Crippen LogP contribution < -0.4 is 0 Å². The van der Waals surface area contributed by atoms with Crippen molar-refractivity contribution in [2.24, 2.45) is 11.8 Å². The summed E-state index contributed by atoms with van der Waals surface area (Å²) in [6.07, 6.45) is 9.29. The topological polar surface area (TPSA) is 23.5 Å². The summed E-state index contributed by atoms with van der Waals surface area (Å²) in [5.74, 6) is 2.07. The number of phenols is 1. The molecule has 0 unspecified atom stereocenters. The normalized spacial score (nSPS) is 33.3. The van der Waals surface area contributed by atoms with E-state index in [-0.39, 0.29) is 0 Å². The lowest BCUT2D eigenvalue weighted by atomic mass is 9.52. The highest BCUT2D eigenvalue weighted by Gasteiger charge is 2.53. The quantitative estimate of drug-likeness (QED) is 0.888. The minimum absolute atomic E-state index is 0.365. The maximum atomic E-state index is 10.1. The molecule has 3 atom stereocenters. The van der Waals surface area contributed by atoms with Crippen LogP contribution in [0.15, 0.2) is 18.2 Å². The number of nitrogens with zero attached hydrogens (tertiary/aromatic N) is 1. The molecule has 126 valence electrons. The summed E-state index contributed by atoms with van der Waals surface area (Å²) < 4.78 is 0. The van der Waals surface area contributed by atoms with Gasteiger partial charge in [-0.05, 0) is 80.3 Å². The van der Waals surface area contributed by atoms with Crippen LogP contribution in [0.25, 0.3) is 0 Å². The number of phenolic OH excluding ortho intramolecular Hbond substituents is 1. The number of hydrogen-bond donors (Lipinski definition) is 1. The van der Waals surface area contributed by atoms with Crippen molar-refractivity contribution in [1.29, 1.82) is 0 Å². The fourth-order valence-electron chi connectivity index (χ4n) is 5.77. The summed E-state index contributed by atoms with van der Waals surface area (Å²) in [5, 5.41) is 10.1. The number of hydrogen-bond acceptors (Lipinski definition) is 2. The van der Waals surface area contributed by atoms with Crippen molar-refractivity contribution in [2.45, 2.75) is 70.3 Å². The molecule has 1 saturated heterocycles. The number of piperidine rings is 1. The van der Waals surface area contributed by atoms with Gasteiger partial charge < -0.3 is 5.11 Å². The summed E-state index contributed by atoms with van der Waals surface area (Å²) in [6, 6.07) is 6.94. The smallest absolute Gasteiger partial charge is 0.115 e. The Morgan fingerprint density at radius 2 is 2.13 bits per heavy atom. The third-order valence-electron chi connectivity index (χ3n) is 6.93. The zero-order valence-electron chi connectivity index (χ0n) is 14.7. The molecular formula is C21H31NO. The predicted molar refractivity (Wildman–Crippen MR) is 94.9 cm³/mol. The van der Waals surface area contributed by atoms with Crippen LogP contribution in [-0.2, 0) is 11.8 Å². The molecule has 0 amide bonds. The third kappa shape index (κ3) is 2.50. The SMILES string of the molecule is CC(C)CCN1CC[C@]23CCCC[C@H]2[C@H]1Cc1ccc(O)cc13. The largest absolute Gasteiger partial charge is 0.508 e. The second kappa shape index (κ2) is 5.81. The van der Waals surface area contributed by atoms with Gasteiger partial charge in [-0.3, -0.25) is 4.90 Å². The molecule has 1 saturated carbocycles. The van der Waals surface area contributed by atoms with Crippen LogP contribution >= 0.6 is 0 Å². The monoisotopic (exact) mass is 313 g/mol. The molecule has 1 aliphatic heterocycles. The van der Waals surface area contributed by atoms with Crippen molar-refractivity contribution < 1.29 is 5.11 Å². The molecule has 2 nitrogen and oxygen atoms in total. The van der Waals surface area contributed by atoms with E-state index in [2.05, 4.69) is 30.9 Å². The molecule has 2 heteroatoms. The zero-order valence-corrected chi connectivity index (χ0v) is 14.7. The van der Waals surface area contributed by atoms with Crippen molar-refractivity contribution >= 4 is 0 Å². The van der Waals surface area contributed by atoms with Crippen LogP contribution in [0.2, 0.25) is 0 Å². The van der Waals surface area contributed by atoms with Gasteiger partial charge in [-0.2, -0.15) is 0 Å². The molecule has 0 spiro atoms. The molecule has 0 aromatic heterocycles. The van der Waals surface area contributed by atoms with Gasteiger partial charge in [-0.1, -0.05) is 32.8 Å². The number of aromatic hydroxyl groups is 1. The predicted octanol–water partition coefficient (Wildman–Crippen LogP) is 4.50. The second-order valence-corrected chi connectivity index (χ2v) is 8.59. The maximum Gasteiger partial charge on any atom is 0.115 e. The molecule has 4 rings (SSSR count). The molecular weight excluding hydrogens is 282 g/mol. The van der Waals surface area contributed by atoms with E-state index >= 15 is 0 Å². The molecule has 2 bridgehead atoms. The lowest BCUT2D eigenvalue weighted by Crippen LogP contribution is -2.61. The van der Waals surface area contributed by atoms with Gasteiger partial charge in [0.1, 0.15) is 5.75 Å². The highest BCUT2D eigenvalue weighted by Crippen LogP contribution is 2.56. The van der Waals surface area contributed by atoms with Gasteiger partial charge in [0.15, 0.2) is 0 Å². The van der Waals surface area contributed by atoms with Crippen molar-refractivity contribution in [3.63, 3.8) is 0 Å². The second-order valence-electron chi connectivity index (χ2n) is 8.59. The Bertz CT molecular complexity index is 581. The zero-order chi connectivity index (χ0) is 16.0. The van der Waals surface area contributed by atoms with Gasteiger partial charge in [0, 0.05) is 11.5 Å². The molecule has 1 aromatic carbocycles. The van der Waals surface area contributed by atoms with Gasteiger partial charge in [-0.15, -0.1) is 0 Å². The number of rotatable bonds is 3. The summed E-state index contributed by atoms with van der Waals surface area (Å²) in [4.78, 5) is 2.81. The minimum atomic E-state index is 0.365. The first kappa shape index (κ1) is 15.5. The first-order valence-corrected chi connectivity index (χ1v) is 9.66. The maximum absolute atomic E-state index is 10.1. The number of fused-ring (bicyclic) bond motifs is 1. The van der Waals surface area contributed by atoms with Crippen molar-refractivity contribution in [3.05, 3.63) is 29.3 Å². The van der Waals surface area contributed by atoms with Crippen molar-refractivity contribution in [3.8, 4) is 5.75 Å². The van der Waals surface area contributed by atoms with Crippen LogP contribution in [0.3, 0.4) is 0 Å². The van der Waals surface area contributed by atoms with Crippen molar-refractivity contribution in [1.82, 2.24) is 4.90 Å². The highest BCUT2D eigenvalue weighted by molar-refractivity contribution is 5.45. The first-order chi connectivity index (χ1) is 11.1. The van der Waals surface area contributed by atoms with Crippen LogP contribution in [0.4, 0.5) is 0 Å². The van der Waals surface area contributed by atoms with Gasteiger partial charge in [0.2, 0.25) is 0 Å². The Balaban J connectivity index is 1.71. The molecule has 23 heavy (non-hydrogen) atoms. The molecule has 1 N–H and O–H groups in total. The molecule has 0 radical (unpaired) electrons. The summed E-state index contributed by atoms with van der Waals surface area (Å²) >= 11 is 0. The van der Waals surface area contributed by atoms with E-state index in [4.69, 9.17) is 0 Å². The van der Waals surface area contributed by atoms with E-state index < -0.39 is 0 Å². The van der Waals surface area contributed by atoms with Gasteiger partial charge in [0.25, 0.3) is 0 Å². The summed E-state index contributed by atoms with van der Waals surface area (Å²) in [5.41, 5.74) is 3.38. The van der Waals surface area contributed by atoms with Crippen LogP contribution in [-0.4, -0.2) is 29.1 Å². The fourth-order valence-corrected chi connectivity index (χ4v) is 5.77. The average Bonchev–Trinajstić information content (AvgIpc) is 2.54. The number of likely N-dealkylation sites (tertiary alicyclic amines) is 1. The molecule has 1 aromatic rings. The van der Waals surface area contributed by atoms with Crippen molar-refractivity contribution in [2.75, 3.05) is 13.1 Å². The Kier molecular flexibility index (Phi) is 3.91. The molecule has 2 fully saturated rings. The summed E-state index contributed by atoms with van der Waals surface area (Å²) in [6.45, 7) is 7.20. The van der Waals surface area contributed by atoms with Gasteiger partial charge in [-0.25, -0.2) is 0 Å². The average molecular weight is 313 g/mol. The Labute approximate surface area is 140 Å². The standard InChI is InChI=1S/C21H31NO/c1-15(2)8-11-22-12-10-21-9-4-3-5-18(21)20(22)13-16-6-7-17(23)14-19(16)21/h6-7,14-15,18,20,23H,3-5,8-13H2,1-2H3/t18-,20+,21+/m0/s1. The Morgan fingerprint density at radius 3 is 2.96 bits per heavy atom. The fraction of sp³-hybridized carbons (Fsp3) is 0.714. The van der Waals surface area contributed by atoms with E-state index in [1.165, 1.54) is 69.2 Å². The molecule has 1 heterocycles. The first-order valence-electron chi connectivity index (χ1n) is 9.66. The van der Waals surface area contributed by atoms with Crippen LogP contribution in [0, 0.1) is 11.8 Å². The lowest BCUT2D eigenvalue weighted by molar-refractivity contribution is -0.0130. The van der Waals surface area contributed by atoms with Gasteiger partial charge >= 0.3 is 0 Å². The molecule has 3 aliphatic rings. The van der Waals surface area contributed by atoms with Gasteiger partial charge in [0.05, 0.1) is 0 Å². The van der Waals surface area contributed by atoms with E-state index in [1.54, 1.807) is 0 Å². The third-order valence-corrected chi connectivity index (χ3v) is 6.93. The van der Waals surface area contributed by atoms with Crippen LogP contribution in [0.1, 0.15) is 63.5 Å². The molecule has 2 aliphatic carbocycles. The minimum Gasteiger partial charge on any atom is -0.508 e. The summed E-state index contributed by atoms with van der Waals surface area (Å²) in [7, 11) is 0. The van der Waals surface area contributed by atoms with Crippen LogP contribution in [0.5, 0.6) is 5.75 Å². The van der Waals surface area contributed by atoms with E-state index in [1.807, 2.05) is 6.07 Å².